The van der Waals surface area contributed by atoms with Crippen LogP contribution in [-0.2, 0) is 5.92 Å². The molecule has 1 aromatic heterocycles. The molecule has 0 spiro atoms. The zero-order valence-corrected chi connectivity index (χ0v) is 16.6. The monoisotopic (exact) mass is 459 g/mol. The smallest absolute Gasteiger partial charge is 0.461 e. The van der Waals surface area contributed by atoms with Gasteiger partial charge in [-0.15, -0.1) is 0 Å². The molecule has 0 aliphatic rings. The Bertz CT molecular complexity index is 1340. The van der Waals surface area contributed by atoms with Crippen molar-refractivity contribution in [2.24, 2.45) is 0 Å². The van der Waals surface area contributed by atoms with Crippen LogP contribution < -0.4 is 5.32 Å². The van der Waals surface area contributed by atoms with Crippen molar-refractivity contribution in [1.29, 1.82) is 0 Å². The van der Waals surface area contributed by atoms with E-state index in [1.54, 1.807) is 36.4 Å². The number of halogens is 5. The van der Waals surface area contributed by atoms with E-state index in [1.807, 2.05) is 0 Å². The van der Waals surface area contributed by atoms with Gasteiger partial charge in [0.25, 0.3) is 0 Å². The van der Waals surface area contributed by atoms with Crippen molar-refractivity contribution in [2.45, 2.75) is 12.1 Å². The molecule has 1 heterocycles. The first-order chi connectivity index (χ1) is 15.6. The lowest BCUT2D eigenvalue weighted by molar-refractivity contribution is -0.292. The van der Waals surface area contributed by atoms with Gasteiger partial charge in [-0.05, 0) is 41.5 Å². The van der Waals surface area contributed by atoms with Crippen molar-refractivity contribution in [1.82, 2.24) is 9.97 Å². The minimum absolute atomic E-state index is 0.0825. The van der Waals surface area contributed by atoms with Crippen molar-refractivity contribution in [3.63, 3.8) is 0 Å². The number of hydrogen-bond donors (Lipinski definition) is 2. The molecular weight excluding hydrogens is 445 g/mol. The lowest BCUT2D eigenvalue weighted by Gasteiger charge is -2.19. The summed E-state index contributed by atoms with van der Waals surface area (Å²) < 4.78 is 66.5. The Hall–Kier alpha value is -4.08. The molecule has 4 rings (SSSR count). The predicted octanol–water partition coefficient (Wildman–Crippen LogP) is 6.39. The molecule has 5 nitrogen and oxygen atoms in total. The number of aromatic carboxylic acids is 1. The van der Waals surface area contributed by atoms with Gasteiger partial charge < -0.3 is 10.4 Å². The van der Waals surface area contributed by atoms with Crippen molar-refractivity contribution >= 4 is 28.4 Å². The SMILES string of the molecule is O=C(O)c1ccccc1-c1ccc(Nc2nc(C(F)(F)C(F)(F)F)nc3ccccc23)cc1. The molecule has 33 heavy (non-hydrogen) atoms. The fraction of sp³-hybridized carbons (Fsp3) is 0.0870. The molecule has 0 bridgehead atoms. The highest BCUT2D eigenvalue weighted by Crippen LogP contribution is 2.43. The van der Waals surface area contributed by atoms with Crippen LogP contribution in [0.3, 0.4) is 0 Å². The Balaban J connectivity index is 1.73. The van der Waals surface area contributed by atoms with Gasteiger partial charge in [0, 0.05) is 11.1 Å². The molecule has 0 amide bonds. The molecule has 0 unspecified atom stereocenters. The molecule has 3 aromatic carbocycles. The van der Waals surface area contributed by atoms with Crippen LogP contribution in [0.5, 0.6) is 0 Å². The van der Waals surface area contributed by atoms with Gasteiger partial charge in [0.2, 0.25) is 5.82 Å². The van der Waals surface area contributed by atoms with Gasteiger partial charge in [0.15, 0.2) is 0 Å². The average Bonchev–Trinajstić information content (AvgIpc) is 2.78. The van der Waals surface area contributed by atoms with Crippen LogP contribution in [0.15, 0.2) is 72.8 Å². The number of alkyl halides is 5. The molecular formula is C23H14F5N3O2. The number of carboxylic acids is 1. The summed E-state index contributed by atoms with van der Waals surface area (Å²) in [4.78, 5) is 18.3. The Labute approximate surface area is 183 Å². The number of aromatic nitrogens is 2. The van der Waals surface area contributed by atoms with Crippen molar-refractivity contribution in [3.05, 3.63) is 84.2 Å². The number of para-hydroxylation sites is 1. The number of rotatable bonds is 5. The molecule has 2 N–H and O–H groups in total. The molecule has 0 saturated heterocycles. The summed E-state index contributed by atoms with van der Waals surface area (Å²) in [6.07, 6.45) is -5.86. The Morgan fingerprint density at radius 2 is 1.45 bits per heavy atom. The van der Waals surface area contributed by atoms with Gasteiger partial charge in [0.05, 0.1) is 11.1 Å². The first-order valence-electron chi connectivity index (χ1n) is 9.49. The first kappa shape index (κ1) is 22.1. The number of carbonyl (C=O) groups is 1. The quantitative estimate of drug-likeness (QED) is 0.338. The van der Waals surface area contributed by atoms with Crippen molar-refractivity contribution in [3.8, 4) is 11.1 Å². The number of hydrogen-bond acceptors (Lipinski definition) is 4. The first-order valence-corrected chi connectivity index (χ1v) is 9.49. The Morgan fingerprint density at radius 3 is 2.12 bits per heavy atom. The number of carboxylic acid groups (broad SMARTS) is 1. The minimum Gasteiger partial charge on any atom is -0.478 e. The zero-order valence-electron chi connectivity index (χ0n) is 16.6. The van der Waals surface area contributed by atoms with Crippen LogP contribution >= 0.6 is 0 Å². The molecule has 0 saturated carbocycles. The summed E-state index contributed by atoms with van der Waals surface area (Å²) in [5.74, 6) is -8.22. The van der Waals surface area contributed by atoms with Crippen LogP contribution in [0.2, 0.25) is 0 Å². The van der Waals surface area contributed by atoms with E-state index in [4.69, 9.17) is 0 Å². The summed E-state index contributed by atoms with van der Waals surface area (Å²) in [6.45, 7) is 0. The maximum absolute atomic E-state index is 13.9. The number of fused-ring (bicyclic) bond motifs is 1. The van der Waals surface area contributed by atoms with Gasteiger partial charge in [-0.1, -0.05) is 42.5 Å². The standard InChI is InChI=1S/C23H14F5N3O2/c24-22(25,23(26,27)28)21-30-18-8-4-3-7-17(18)19(31-21)29-14-11-9-13(10-12-14)15-5-1-2-6-16(15)20(32)33/h1-12H,(H,32,33)(H,29,30,31). The highest BCUT2D eigenvalue weighted by molar-refractivity contribution is 5.96. The Kier molecular flexibility index (Phi) is 5.44. The van der Waals surface area contributed by atoms with E-state index in [9.17, 15) is 31.9 Å². The predicted molar refractivity (Wildman–Crippen MR) is 112 cm³/mol. The molecule has 168 valence electrons. The molecule has 0 radical (unpaired) electrons. The molecule has 0 atom stereocenters. The van der Waals surface area contributed by atoms with Gasteiger partial charge in [0.1, 0.15) is 5.82 Å². The number of anilines is 2. The van der Waals surface area contributed by atoms with Gasteiger partial charge >= 0.3 is 18.1 Å². The summed E-state index contributed by atoms with van der Waals surface area (Å²) in [7, 11) is 0. The fourth-order valence-corrected chi connectivity index (χ4v) is 3.23. The third-order valence-corrected chi connectivity index (χ3v) is 4.86. The highest BCUT2D eigenvalue weighted by atomic mass is 19.4. The van der Waals surface area contributed by atoms with Crippen LogP contribution in [0, 0.1) is 0 Å². The molecule has 0 aliphatic heterocycles. The van der Waals surface area contributed by atoms with Crippen LogP contribution in [-0.4, -0.2) is 27.2 Å². The van der Waals surface area contributed by atoms with Crippen molar-refractivity contribution in [2.75, 3.05) is 5.32 Å². The van der Waals surface area contributed by atoms with E-state index in [2.05, 4.69) is 15.3 Å². The normalized spacial score (nSPS) is 12.0. The van der Waals surface area contributed by atoms with Crippen LogP contribution in [0.1, 0.15) is 16.2 Å². The van der Waals surface area contributed by atoms with E-state index in [-0.39, 0.29) is 22.3 Å². The lowest BCUT2D eigenvalue weighted by Crippen LogP contribution is -2.35. The van der Waals surface area contributed by atoms with Crippen LogP contribution in [0.25, 0.3) is 22.0 Å². The van der Waals surface area contributed by atoms with Gasteiger partial charge in [-0.2, -0.15) is 22.0 Å². The van der Waals surface area contributed by atoms with Gasteiger partial charge in [-0.3, -0.25) is 0 Å². The molecule has 0 aliphatic carbocycles. The highest BCUT2D eigenvalue weighted by Gasteiger charge is 2.61. The zero-order chi connectivity index (χ0) is 23.8. The maximum atomic E-state index is 13.9. The topological polar surface area (TPSA) is 75.1 Å². The summed E-state index contributed by atoms with van der Waals surface area (Å²) in [5, 5.41) is 12.4. The molecule has 4 aromatic rings. The maximum Gasteiger partial charge on any atom is 0.461 e. The number of nitrogens with one attached hydrogen (secondary N) is 1. The fourth-order valence-electron chi connectivity index (χ4n) is 3.23. The van der Waals surface area contributed by atoms with Gasteiger partial charge in [-0.25, -0.2) is 14.8 Å². The lowest BCUT2D eigenvalue weighted by atomic mass is 9.99. The second-order valence-corrected chi connectivity index (χ2v) is 7.04. The Morgan fingerprint density at radius 1 is 0.818 bits per heavy atom. The largest absolute Gasteiger partial charge is 0.478 e. The number of benzene rings is 3. The van der Waals surface area contributed by atoms with E-state index >= 15 is 0 Å². The third-order valence-electron chi connectivity index (χ3n) is 4.86. The summed E-state index contributed by atoms with van der Waals surface area (Å²) in [5.41, 5.74) is 1.41. The summed E-state index contributed by atoms with van der Waals surface area (Å²) in [6, 6.07) is 18.5. The van der Waals surface area contributed by atoms with E-state index in [0.717, 1.165) is 0 Å². The van der Waals surface area contributed by atoms with E-state index in [0.29, 0.717) is 16.8 Å². The van der Waals surface area contributed by atoms with Crippen LogP contribution in [0.4, 0.5) is 33.5 Å². The minimum atomic E-state index is -5.86. The molecule has 0 fully saturated rings. The summed E-state index contributed by atoms with van der Waals surface area (Å²) >= 11 is 0. The van der Waals surface area contributed by atoms with Crippen molar-refractivity contribution < 1.29 is 31.9 Å². The van der Waals surface area contributed by atoms with E-state index < -0.39 is 23.9 Å². The molecule has 10 heteroatoms. The average molecular weight is 459 g/mol. The third kappa shape index (κ3) is 4.19. The number of nitrogens with zero attached hydrogens (tertiary/aromatic N) is 2. The van der Waals surface area contributed by atoms with E-state index in [1.165, 1.54) is 36.4 Å². The second kappa shape index (κ2) is 8.12. The second-order valence-electron chi connectivity index (χ2n) is 7.04.